The fourth-order valence-electron chi connectivity index (χ4n) is 3.30. The van der Waals surface area contributed by atoms with Crippen molar-refractivity contribution in [2.75, 3.05) is 26.2 Å². The minimum Gasteiger partial charge on any atom is -0.465 e. The van der Waals surface area contributed by atoms with Crippen LogP contribution in [-0.2, 0) is 30.5 Å². The van der Waals surface area contributed by atoms with E-state index in [1.165, 1.54) is 13.8 Å². The molecule has 0 aromatic heterocycles. The summed E-state index contributed by atoms with van der Waals surface area (Å²) in [5.41, 5.74) is -0.912. The predicted molar refractivity (Wildman–Crippen MR) is 113 cm³/mol. The van der Waals surface area contributed by atoms with E-state index in [1.807, 2.05) is 30.3 Å². The number of esters is 1. The highest BCUT2D eigenvalue weighted by molar-refractivity contribution is 6.11. The fourth-order valence-corrected chi connectivity index (χ4v) is 3.30. The van der Waals surface area contributed by atoms with Crippen LogP contribution in [-0.4, -0.2) is 66.5 Å². The summed E-state index contributed by atoms with van der Waals surface area (Å²) in [5, 5.41) is 5.57. The van der Waals surface area contributed by atoms with Gasteiger partial charge in [0.25, 0.3) is 5.91 Å². The van der Waals surface area contributed by atoms with Gasteiger partial charge in [-0.25, -0.2) is 4.79 Å². The first-order chi connectivity index (χ1) is 14.8. The van der Waals surface area contributed by atoms with Crippen LogP contribution in [0.5, 0.6) is 0 Å². The summed E-state index contributed by atoms with van der Waals surface area (Å²) in [4.78, 5) is 50.6. The largest absolute Gasteiger partial charge is 0.465 e. The minimum atomic E-state index is -1.71. The highest BCUT2D eigenvalue weighted by Gasteiger charge is 2.43. The molecule has 0 saturated carbocycles. The number of hydrogen-bond acceptors (Lipinski definition) is 7. The number of alkyl carbamates (subject to hydrolysis) is 1. The molecule has 1 heterocycles. The Balaban J connectivity index is 1.88. The molecule has 0 aliphatic carbocycles. The normalized spacial score (nSPS) is 16.2. The Hall–Kier alpha value is -2.94. The molecule has 1 aliphatic rings. The summed E-state index contributed by atoms with van der Waals surface area (Å²) >= 11 is 0. The monoisotopic (exact) mass is 433 g/mol. The molecular formula is C22H31N3O6. The van der Waals surface area contributed by atoms with Crippen LogP contribution in [0.3, 0.4) is 0 Å². The van der Waals surface area contributed by atoms with Gasteiger partial charge in [-0.2, -0.15) is 0 Å². The SMILES string of the molecule is CCOC(=O)CNC1CCN(C(=O)[C@@](C)(NC(=O)OCc2ccccc2)C(C)=O)CC1. The molecule has 2 rings (SSSR count). The summed E-state index contributed by atoms with van der Waals surface area (Å²) in [6.45, 7) is 5.71. The van der Waals surface area contributed by atoms with Gasteiger partial charge in [0.2, 0.25) is 0 Å². The van der Waals surface area contributed by atoms with E-state index in [0.29, 0.717) is 32.5 Å². The van der Waals surface area contributed by atoms with E-state index >= 15 is 0 Å². The first-order valence-corrected chi connectivity index (χ1v) is 10.4. The second-order valence-electron chi connectivity index (χ2n) is 7.62. The molecule has 0 radical (unpaired) electrons. The molecule has 0 unspecified atom stereocenters. The van der Waals surface area contributed by atoms with Crippen molar-refractivity contribution in [1.29, 1.82) is 0 Å². The van der Waals surface area contributed by atoms with Crippen molar-refractivity contribution in [2.45, 2.75) is 51.8 Å². The molecule has 0 spiro atoms. The Morgan fingerprint density at radius 1 is 1.10 bits per heavy atom. The lowest BCUT2D eigenvalue weighted by atomic mass is 9.93. The fraction of sp³-hybridized carbons (Fsp3) is 0.545. The number of ketones is 1. The Morgan fingerprint density at radius 2 is 1.74 bits per heavy atom. The molecule has 1 atom stereocenters. The summed E-state index contributed by atoms with van der Waals surface area (Å²) in [6, 6.07) is 9.19. The topological polar surface area (TPSA) is 114 Å². The predicted octanol–water partition coefficient (Wildman–Crippen LogP) is 1.40. The van der Waals surface area contributed by atoms with Gasteiger partial charge in [0.15, 0.2) is 11.3 Å². The van der Waals surface area contributed by atoms with Crippen molar-refractivity contribution < 1.29 is 28.7 Å². The van der Waals surface area contributed by atoms with Gasteiger partial charge in [0.05, 0.1) is 13.2 Å². The molecule has 170 valence electrons. The van der Waals surface area contributed by atoms with Gasteiger partial charge in [-0.05, 0) is 39.2 Å². The third kappa shape index (κ3) is 7.06. The number of nitrogens with one attached hydrogen (secondary N) is 2. The summed E-state index contributed by atoms with van der Waals surface area (Å²) in [6.07, 6.45) is 0.413. The maximum absolute atomic E-state index is 13.1. The maximum Gasteiger partial charge on any atom is 0.408 e. The summed E-state index contributed by atoms with van der Waals surface area (Å²) < 4.78 is 10.1. The second-order valence-corrected chi connectivity index (χ2v) is 7.62. The second kappa shape index (κ2) is 11.5. The molecule has 9 heteroatoms. The van der Waals surface area contributed by atoms with Gasteiger partial charge in [-0.15, -0.1) is 0 Å². The van der Waals surface area contributed by atoms with Crippen molar-refractivity contribution in [3.63, 3.8) is 0 Å². The first-order valence-electron chi connectivity index (χ1n) is 10.4. The number of amides is 2. The van der Waals surface area contributed by atoms with E-state index < -0.39 is 23.3 Å². The maximum atomic E-state index is 13.1. The quantitative estimate of drug-likeness (QED) is 0.447. The zero-order valence-electron chi connectivity index (χ0n) is 18.3. The average Bonchev–Trinajstić information content (AvgIpc) is 2.77. The number of carbonyl (C=O) groups is 4. The molecule has 31 heavy (non-hydrogen) atoms. The van der Waals surface area contributed by atoms with E-state index in [1.54, 1.807) is 11.8 Å². The Morgan fingerprint density at radius 3 is 2.32 bits per heavy atom. The van der Waals surface area contributed by atoms with E-state index in [9.17, 15) is 19.2 Å². The Labute approximate surface area is 182 Å². The summed E-state index contributed by atoms with van der Waals surface area (Å²) in [5.74, 6) is -1.26. The van der Waals surface area contributed by atoms with Gasteiger partial charge in [-0.3, -0.25) is 14.4 Å². The van der Waals surface area contributed by atoms with E-state index in [0.717, 1.165) is 5.56 Å². The van der Waals surface area contributed by atoms with Gasteiger partial charge in [-0.1, -0.05) is 30.3 Å². The molecule has 1 aromatic carbocycles. The number of rotatable bonds is 9. The number of piperidine rings is 1. The van der Waals surface area contributed by atoms with Gasteiger partial charge >= 0.3 is 12.1 Å². The number of likely N-dealkylation sites (tertiary alicyclic amines) is 1. The Bertz CT molecular complexity index is 777. The highest BCUT2D eigenvalue weighted by Crippen LogP contribution is 2.17. The third-order valence-corrected chi connectivity index (χ3v) is 5.32. The number of ether oxygens (including phenoxy) is 2. The molecular weight excluding hydrogens is 402 g/mol. The van der Waals surface area contributed by atoms with Crippen LogP contribution in [0.4, 0.5) is 4.79 Å². The Kier molecular flexibility index (Phi) is 8.99. The standard InChI is InChI=1S/C22H31N3O6/c1-4-30-19(27)14-23-18-10-12-25(13-11-18)20(28)22(3,16(2)26)24-21(29)31-15-17-8-6-5-7-9-17/h5-9,18,23H,4,10-15H2,1-3H3,(H,24,29)/t22-/m0/s1. The van der Waals surface area contributed by atoms with Crippen LogP contribution >= 0.6 is 0 Å². The van der Waals surface area contributed by atoms with Crippen LogP contribution in [0.1, 0.15) is 39.2 Å². The molecule has 1 aliphatic heterocycles. The molecule has 1 fully saturated rings. The number of nitrogens with zero attached hydrogens (tertiary/aromatic N) is 1. The van der Waals surface area contributed by atoms with Crippen LogP contribution in [0, 0.1) is 0 Å². The van der Waals surface area contributed by atoms with Crippen molar-refractivity contribution in [1.82, 2.24) is 15.5 Å². The lowest BCUT2D eigenvalue weighted by Gasteiger charge is -2.37. The zero-order chi connectivity index (χ0) is 22.9. The lowest BCUT2D eigenvalue weighted by molar-refractivity contribution is -0.145. The first kappa shape index (κ1) is 24.3. The van der Waals surface area contributed by atoms with Gasteiger partial charge in [0, 0.05) is 19.1 Å². The smallest absolute Gasteiger partial charge is 0.408 e. The lowest BCUT2D eigenvalue weighted by Crippen LogP contribution is -2.63. The van der Waals surface area contributed by atoms with Gasteiger partial charge < -0.3 is 25.0 Å². The van der Waals surface area contributed by atoms with Crippen molar-refractivity contribution in [2.24, 2.45) is 0 Å². The van der Waals surface area contributed by atoms with E-state index in [-0.39, 0.29) is 25.2 Å². The zero-order valence-corrected chi connectivity index (χ0v) is 18.3. The number of benzene rings is 1. The van der Waals surface area contributed by atoms with Crippen molar-refractivity contribution in [3.8, 4) is 0 Å². The molecule has 1 aromatic rings. The molecule has 2 amide bonds. The minimum absolute atomic E-state index is 0.0341. The van der Waals surface area contributed by atoms with Crippen molar-refractivity contribution in [3.05, 3.63) is 35.9 Å². The van der Waals surface area contributed by atoms with E-state index in [4.69, 9.17) is 9.47 Å². The van der Waals surface area contributed by atoms with Crippen LogP contribution in [0.15, 0.2) is 30.3 Å². The molecule has 1 saturated heterocycles. The highest BCUT2D eigenvalue weighted by atomic mass is 16.5. The van der Waals surface area contributed by atoms with Gasteiger partial charge in [0.1, 0.15) is 6.61 Å². The number of Topliss-reactive ketones (excluding diaryl/α,β-unsaturated/α-hetero) is 1. The number of hydrogen-bond donors (Lipinski definition) is 2. The molecule has 0 bridgehead atoms. The molecule has 9 nitrogen and oxygen atoms in total. The third-order valence-electron chi connectivity index (χ3n) is 5.32. The molecule has 2 N–H and O–H groups in total. The van der Waals surface area contributed by atoms with E-state index in [2.05, 4.69) is 10.6 Å². The van der Waals surface area contributed by atoms with Crippen LogP contribution < -0.4 is 10.6 Å². The summed E-state index contributed by atoms with van der Waals surface area (Å²) in [7, 11) is 0. The number of carbonyl (C=O) groups excluding carboxylic acids is 4. The van der Waals surface area contributed by atoms with Crippen LogP contribution in [0.25, 0.3) is 0 Å². The average molecular weight is 434 g/mol. The van der Waals surface area contributed by atoms with Crippen LogP contribution in [0.2, 0.25) is 0 Å². The van der Waals surface area contributed by atoms with Crippen molar-refractivity contribution >= 4 is 23.8 Å².